The molecule has 0 aliphatic carbocycles. The maximum absolute atomic E-state index is 14.1. The van der Waals surface area contributed by atoms with Crippen molar-refractivity contribution in [3.05, 3.63) is 70.8 Å². The van der Waals surface area contributed by atoms with Gasteiger partial charge in [-0.25, -0.2) is 8.78 Å². The molecule has 0 aromatic heterocycles. The van der Waals surface area contributed by atoms with E-state index in [2.05, 4.69) is 5.32 Å². The van der Waals surface area contributed by atoms with Gasteiger partial charge in [0.05, 0.1) is 11.6 Å². The summed E-state index contributed by atoms with van der Waals surface area (Å²) in [6, 6.07) is 8.95. The molecule has 0 saturated heterocycles. The molecule has 2 rings (SSSR count). The number of halogens is 2. The van der Waals surface area contributed by atoms with Crippen LogP contribution in [0.2, 0.25) is 0 Å². The van der Waals surface area contributed by atoms with E-state index >= 15 is 0 Å². The van der Waals surface area contributed by atoms with Crippen LogP contribution in [0.3, 0.4) is 0 Å². The van der Waals surface area contributed by atoms with Gasteiger partial charge in [0, 0.05) is 12.7 Å². The molecule has 0 bridgehead atoms. The van der Waals surface area contributed by atoms with Gasteiger partial charge in [0.2, 0.25) is 0 Å². The van der Waals surface area contributed by atoms with E-state index in [1.54, 1.807) is 19.1 Å². The first-order chi connectivity index (χ1) is 11.8. The van der Waals surface area contributed by atoms with Gasteiger partial charge in [-0.15, -0.1) is 0 Å². The lowest BCUT2D eigenvalue weighted by Crippen LogP contribution is -2.38. The standard InChI is InChI=1S/C19H19F2NO3/c1-11(18(25-3)13-4-7-15(20)8-5-13)22-19(24)16-9-6-14(12(2)23)10-17(16)21/h4-11,18H,1-3H3,(H,22,24)/t11-,18-/m1/s1. The van der Waals surface area contributed by atoms with Crippen molar-refractivity contribution in [2.24, 2.45) is 0 Å². The molecular formula is C19H19F2NO3. The molecule has 0 unspecified atom stereocenters. The Kier molecular flexibility index (Phi) is 5.98. The van der Waals surface area contributed by atoms with Gasteiger partial charge in [-0.1, -0.05) is 18.2 Å². The Balaban J connectivity index is 2.15. The van der Waals surface area contributed by atoms with Gasteiger partial charge in [-0.05, 0) is 43.7 Å². The fourth-order valence-corrected chi connectivity index (χ4v) is 2.56. The highest BCUT2D eigenvalue weighted by Gasteiger charge is 2.23. The van der Waals surface area contributed by atoms with E-state index in [4.69, 9.17) is 4.74 Å². The molecule has 0 saturated carbocycles. The third-order valence-corrected chi connectivity index (χ3v) is 3.89. The molecule has 2 atom stereocenters. The highest BCUT2D eigenvalue weighted by molar-refractivity contribution is 5.98. The summed E-state index contributed by atoms with van der Waals surface area (Å²) in [5.74, 6) is -2.05. The van der Waals surface area contributed by atoms with Gasteiger partial charge in [-0.2, -0.15) is 0 Å². The molecule has 1 amide bonds. The first-order valence-corrected chi connectivity index (χ1v) is 7.73. The highest BCUT2D eigenvalue weighted by Crippen LogP contribution is 2.21. The van der Waals surface area contributed by atoms with Crippen LogP contribution >= 0.6 is 0 Å². The van der Waals surface area contributed by atoms with Crippen molar-refractivity contribution in [3.63, 3.8) is 0 Å². The quantitative estimate of drug-likeness (QED) is 0.811. The Morgan fingerprint density at radius 3 is 2.24 bits per heavy atom. The zero-order valence-electron chi connectivity index (χ0n) is 14.2. The fraction of sp³-hybridized carbons (Fsp3) is 0.263. The maximum Gasteiger partial charge on any atom is 0.254 e. The van der Waals surface area contributed by atoms with E-state index in [1.807, 2.05) is 0 Å². The number of ketones is 1. The third kappa shape index (κ3) is 4.48. The molecule has 2 aromatic carbocycles. The molecule has 0 aliphatic heterocycles. The van der Waals surface area contributed by atoms with E-state index in [9.17, 15) is 18.4 Å². The van der Waals surface area contributed by atoms with Crippen molar-refractivity contribution < 1.29 is 23.1 Å². The molecule has 0 aliphatic rings. The number of hydrogen-bond donors (Lipinski definition) is 1. The normalized spacial score (nSPS) is 13.2. The number of benzene rings is 2. The van der Waals surface area contributed by atoms with E-state index in [0.29, 0.717) is 5.56 Å². The molecule has 0 heterocycles. The van der Waals surface area contributed by atoms with Crippen molar-refractivity contribution in [2.75, 3.05) is 7.11 Å². The molecule has 2 aromatic rings. The van der Waals surface area contributed by atoms with Gasteiger partial charge < -0.3 is 10.1 Å². The number of hydrogen-bond acceptors (Lipinski definition) is 3. The van der Waals surface area contributed by atoms with E-state index in [-0.39, 0.29) is 22.7 Å². The summed E-state index contributed by atoms with van der Waals surface area (Å²) >= 11 is 0. The Morgan fingerprint density at radius 1 is 1.08 bits per heavy atom. The summed E-state index contributed by atoms with van der Waals surface area (Å²) in [6.07, 6.45) is -0.524. The molecule has 132 valence electrons. The SMILES string of the molecule is CO[C@@H](c1ccc(F)cc1)[C@@H](C)NC(=O)c1ccc(C(C)=O)cc1F. The number of methoxy groups -OCH3 is 1. The topological polar surface area (TPSA) is 55.4 Å². The maximum atomic E-state index is 14.1. The van der Waals surface area contributed by atoms with Gasteiger partial charge in [0.15, 0.2) is 5.78 Å². The van der Waals surface area contributed by atoms with Crippen molar-refractivity contribution >= 4 is 11.7 Å². The smallest absolute Gasteiger partial charge is 0.254 e. The number of carbonyl (C=O) groups is 2. The van der Waals surface area contributed by atoms with Crippen LogP contribution in [0.4, 0.5) is 8.78 Å². The molecular weight excluding hydrogens is 328 g/mol. The van der Waals surface area contributed by atoms with Crippen LogP contribution in [0.5, 0.6) is 0 Å². The zero-order valence-corrected chi connectivity index (χ0v) is 14.2. The minimum absolute atomic E-state index is 0.161. The lowest BCUT2D eigenvalue weighted by molar-refractivity contribution is 0.0642. The molecule has 1 N–H and O–H groups in total. The van der Waals surface area contributed by atoms with Crippen LogP contribution in [-0.2, 0) is 4.74 Å². The van der Waals surface area contributed by atoms with Crippen LogP contribution in [0.25, 0.3) is 0 Å². The zero-order chi connectivity index (χ0) is 18.6. The molecule has 0 fully saturated rings. The Hall–Kier alpha value is -2.60. The first kappa shape index (κ1) is 18.7. The molecule has 6 heteroatoms. The second kappa shape index (κ2) is 7.98. The van der Waals surface area contributed by atoms with E-state index in [1.165, 1.54) is 38.3 Å². The monoisotopic (exact) mass is 347 g/mol. The molecule has 4 nitrogen and oxygen atoms in total. The van der Waals surface area contributed by atoms with Gasteiger partial charge >= 0.3 is 0 Å². The largest absolute Gasteiger partial charge is 0.375 e. The second-order valence-electron chi connectivity index (χ2n) is 5.72. The Bertz CT molecular complexity index is 775. The number of amides is 1. The summed E-state index contributed by atoms with van der Waals surface area (Å²) in [6.45, 7) is 3.03. The molecule has 0 radical (unpaired) electrons. The predicted octanol–water partition coefficient (Wildman–Crippen LogP) is 3.67. The summed E-state index contributed by atoms with van der Waals surface area (Å²) in [5, 5.41) is 2.67. The van der Waals surface area contributed by atoms with Crippen molar-refractivity contribution in [3.8, 4) is 0 Å². The van der Waals surface area contributed by atoms with E-state index < -0.39 is 23.9 Å². The van der Waals surface area contributed by atoms with Crippen LogP contribution in [-0.4, -0.2) is 24.8 Å². The van der Waals surface area contributed by atoms with Crippen molar-refractivity contribution in [1.29, 1.82) is 0 Å². The number of nitrogens with one attached hydrogen (secondary N) is 1. The van der Waals surface area contributed by atoms with Gasteiger partial charge in [-0.3, -0.25) is 9.59 Å². The van der Waals surface area contributed by atoms with Crippen LogP contribution in [0.1, 0.15) is 46.2 Å². The highest BCUT2D eigenvalue weighted by atomic mass is 19.1. The van der Waals surface area contributed by atoms with Crippen LogP contribution in [0.15, 0.2) is 42.5 Å². The average molecular weight is 347 g/mol. The van der Waals surface area contributed by atoms with Crippen LogP contribution < -0.4 is 5.32 Å². The van der Waals surface area contributed by atoms with Crippen LogP contribution in [0, 0.1) is 11.6 Å². The molecule has 0 spiro atoms. The third-order valence-electron chi connectivity index (χ3n) is 3.89. The predicted molar refractivity (Wildman–Crippen MR) is 89.5 cm³/mol. The fourth-order valence-electron chi connectivity index (χ4n) is 2.56. The summed E-state index contributed by atoms with van der Waals surface area (Å²) in [7, 11) is 1.47. The lowest BCUT2D eigenvalue weighted by atomic mass is 10.0. The Morgan fingerprint density at radius 2 is 1.72 bits per heavy atom. The summed E-state index contributed by atoms with van der Waals surface area (Å²) in [5.41, 5.74) is 0.720. The first-order valence-electron chi connectivity index (χ1n) is 7.73. The van der Waals surface area contributed by atoms with E-state index in [0.717, 1.165) is 6.07 Å². The van der Waals surface area contributed by atoms with Crippen molar-refractivity contribution in [1.82, 2.24) is 5.32 Å². The minimum atomic E-state index is -0.770. The Labute approximate surface area is 144 Å². The van der Waals surface area contributed by atoms with Gasteiger partial charge in [0.25, 0.3) is 5.91 Å². The number of carbonyl (C=O) groups excluding carboxylic acids is 2. The average Bonchev–Trinajstić information content (AvgIpc) is 2.56. The minimum Gasteiger partial charge on any atom is -0.375 e. The number of rotatable bonds is 6. The summed E-state index contributed by atoms with van der Waals surface area (Å²) < 4.78 is 32.5. The van der Waals surface area contributed by atoms with Crippen molar-refractivity contribution in [2.45, 2.75) is 26.0 Å². The number of ether oxygens (including phenoxy) is 1. The second-order valence-corrected chi connectivity index (χ2v) is 5.72. The lowest BCUT2D eigenvalue weighted by Gasteiger charge is -2.24. The molecule has 25 heavy (non-hydrogen) atoms. The number of Topliss-reactive ketones (excluding diaryl/α,β-unsaturated/α-hetero) is 1. The summed E-state index contributed by atoms with van der Waals surface area (Å²) in [4.78, 5) is 23.6. The van der Waals surface area contributed by atoms with Gasteiger partial charge in [0.1, 0.15) is 17.7 Å².